The van der Waals surface area contributed by atoms with Gasteiger partial charge < -0.3 is 4.74 Å². The summed E-state index contributed by atoms with van der Waals surface area (Å²) in [6.45, 7) is 9.91. The van der Waals surface area contributed by atoms with Crippen molar-refractivity contribution in [2.45, 2.75) is 71.1 Å². The van der Waals surface area contributed by atoms with E-state index < -0.39 is 21.0 Å². The predicted octanol–water partition coefficient (Wildman–Crippen LogP) is 2.41. The minimum absolute atomic E-state index is 0.0891. The van der Waals surface area contributed by atoms with Crippen molar-refractivity contribution in [1.82, 2.24) is 9.21 Å². The number of rotatable bonds is 7. The molecule has 162 valence electrons. The molecule has 3 aliphatic carbocycles. The second-order valence-electron chi connectivity index (χ2n) is 10.4. The molecular weight excluding hydrogens is 388 g/mol. The molecule has 0 spiro atoms. The number of carbonyl (C=O) groups is 1. The zero-order valence-corrected chi connectivity index (χ0v) is 18.9. The van der Waals surface area contributed by atoms with Gasteiger partial charge in [-0.3, -0.25) is 4.90 Å². The Morgan fingerprint density at radius 3 is 2.52 bits per heavy atom. The van der Waals surface area contributed by atoms with E-state index in [2.05, 4.69) is 30.9 Å². The maximum Gasteiger partial charge on any atom is 0.328 e. The van der Waals surface area contributed by atoms with Crippen molar-refractivity contribution in [2.24, 2.45) is 22.7 Å². The maximum absolute atomic E-state index is 13.3. The Bertz CT molecular complexity index is 864. The Morgan fingerprint density at radius 2 is 1.93 bits per heavy atom. The van der Waals surface area contributed by atoms with Crippen molar-refractivity contribution < 1.29 is 17.9 Å². The van der Waals surface area contributed by atoms with Gasteiger partial charge in [0, 0.05) is 37.0 Å². The van der Waals surface area contributed by atoms with E-state index in [9.17, 15) is 13.2 Å². The molecule has 0 aromatic carbocycles. The Labute approximate surface area is 174 Å². The second kappa shape index (κ2) is 6.07. The molecule has 0 aromatic rings. The number of esters is 1. The zero-order chi connectivity index (χ0) is 20.8. The van der Waals surface area contributed by atoms with Crippen molar-refractivity contribution in [3.8, 4) is 0 Å². The third-order valence-electron chi connectivity index (χ3n) is 9.39. The van der Waals surface area contributed by atoms with Crippen molar-refractivity contribution in [3.63, 3.8) is 0 Å². The van der Waals surface area contributed by atoms with Crippen LogP contribution in [0.2, 0.25) is 0 Å². The van der Waals surface area contributed by atoms with E-state index in [1.165, 1.54) is 0 Å². The molecule has 0 aromatic heterocycles. The number of sulfonamides is 1. The average molecular weight is 423 g/mol. The number of hydrogen-bond acceptors (Lipinski definition) is 5. The maximum atomic E-state index is 13.3. The van der Waals surface area contributed by atoms with E-state index in [1.807, 2.05) is 13.8 Å². The smallest absolute Gasteiger partial charge is 0.328 e. The van der Waals surface area contributed by atoms with Crippen LogP contribution >= 0.6 is 0 Å². The van der Waals surface area contributed by atoms with Crippen molar-refractivity contribution in [1.29, 1.82) is 0 Å². The molecule has 0 N–H and O–H groups in total. The van der Waals surface area contributed by atoms with Crippen LogP contribution in [0.1, 0.15) is 53.4 Å². The highest BCUT2D eigenvalue weighted by Crippen LogP contribution is 2.67. The molecule has 2 saturated carbocycles. The first-order chi connectivity index (χ1) is 13.6. The summed E-state index contributed by atoms with van der Waals surface area (Å²) in [4.78, 5) is 15.6. The third-order valence-corrected chi connectivity index (χ3v) is 11.6. The summed E-state index contributed by atoms with van der Waals surface area (Å²) in [5.74, 6) is 0.662. The number of hydrogen-bond donors (Lipinski definition) is 0. The van der Waals surface area contributed by atoms with Gasteiger partial charge >= 0.3 is 5.97 Å². The number of nitrogens with zero attached hydrogens (tertiary/aromatic N) is 2. The topological polar surface area (TPSA) is 66.7 Å². The fraction of sp³-hybridized carbons (Fsp3) is 0.864. The fourth-order valence-electron chi connectivity index (χ4n) is 7.34. The summed E-state index contributed by atoms with van der Waals surface area (Å²) < 4.78 is 34.3. The lowest BCUT2D eigenvalue weighted by Gasteiger charge is -2.42. The first-order valence-corrected chi connectivity index (χ1v) is 12.9. The lowest BCUT2D eigenvalue weighted by atomic mass is 9.69. The highest BCUT2D eigenvalue weighted by molar-refractivity contribution is 7.89. The standard InChI is InChI=1S/C22H34N2O4S/c1-5-23(6-2)29(26,27)14-21-10-9-15(20(21,3)4)12-18(21)28-19(25)22-13-24(22)17-8-7-16(22)11-17/h7-8,15-18H,5-6,9-14H2,1-4H3. The number of ether oxygens (including phenoxy) is 1. The molecule has 5 rings (SSSR count). The first kappa shape index (κ1) is 20.0. The molecule has 7 heteroatoms. The predicted molar refractivity (Wildman–Crippen MR) is 111 cm³/mol. The largest absolute Gasteiger partial charge is 0.460 e. The molecule has 4 bridgehead atoms. The number of fused-ring (bicyclic) bond motifs is 7. The van der Waals surface area contributed by atoms with Gasteiger partial charge in [0.2, 0.25) is 10.0 Å². The van der Waals surface area contributed by atoms with Gasteiger partial charge in [0.25, 0.3) is 0 Å². The SMILES string of the molecule is CCN(CC)S(=O)(=O)CC12CCC(CC1OC(=O)C13CN1C1C=CC3C1)C2(C)C. The lowest BCUT2D eigenvalue weighted by molar-refractivity contribution is -0.161. The Hall–Kier alpha value is -0.920. The van der Waals surface area contributed by atoms with Gasteiger partial charge in [0.15, 0.2) is 0 Å². The van der Waals surface area contributed by atoms with Gasteiger partial charge in [0.05, 0.1) is 5.75 Å². The van der Waals surface area contributed by atoms with Gasteiger partial charge in [-0.1, -0.05) is 39.8 Å². The summed E-state index contributed by atoms with van der Waals surface area (Å²) in [5.41, 5.74) is -1.09. The summed E-state index contributed by atoms with van der Waals surface area (Å²) in [6.07, 6.45) is 7.77. The van der Waals surface area contributed by atoms with Crippen LogP contribution in [0.4, 0.5) is 0 Å². The third kappa shape index (κ3) is 2.41. The van der Waals surface area contributed by atoms with Crippen LogP contribution in [-0.4, -0.2) is 66.7 Å². The molecular formula is C22H34N2O4S. The van der Waals surface area contributed by atoms with Gasteiger partial charge in [-0.05, 0) is 37.0 Å². The van der Waals surface area contributed by atoms with Crippen LogP contribution in [-0.2, 0) is 19.6 Å². The summed E-state index contributed by atoms with van der Waals surface area (Å²) >= 11 is 0. The number of carbonyl (C=O) groups excluding carboxylic acids is 1. The van der Waals surface area contributed by atoms with E-state index in [0.29, 0.717) is 25.0 Å². The lowest BCUT2D eigenvalue weighted by Crippen LogP contribution is -2.50. The van der Waals surface area contributed by atoms with Crippen LogP contribution < -0.4 is 0 Å². The number of piperidine rings is 1. The molecule has 4 fully saturated rings. The highest BCUT2D eigenvalue weighted by atomic mass is 32.2. The van der Waals surface area contributed by atoms with Crippen molar-refractivity contribution in [2.75, 3.05) is 25.4 Å². The molecule has 2 aliphatic heterocycles. The van der Waals surface area contributed by atoms with E-state index in [4.69, 9.17) is 4.74 Å². The van der Waals surface area contributed by atoms with E-state index >= 15 is 0 Å². The highest BCUT2D eigenvalue weighted by Gasteiger charge is 2.73. The minimum atomic E-state index is -3.40. The molecule has 2 heterocycles. The average Bonchev–Trinajstić information content (AvgIpc) is 2.94. The normalized spacial score (nSPS) is 45.8. The van der Waals surface area contributed by atoms with E-state index in [0.717, 1.165) is 32.2 Å². The summed E-state index contributed by atoms with van der Waals surface area (Å²) in [7, 11) is -3.40. The second-order valence-corrected chi connectivity index (χ2v) is 12.4. The van der Waals surface area contributed by atoms with Gasteiger partial charge in [-0.15, -0.1) is 0 Å². The molecule has 2 saturated heterocycles. The quantitative estimate of drug-likeness (QED) is 0.358. The van der Waals surface area contributed by atoms with Gasteiger partial charge in [0.1, 0.15) is 11.6 Å². The monoisotopic (exact) mass is 422 g/mol. The van der Waals surface area contributed by atoms with Crippen molar-refractivity contribution >= 4 is 16.0 Å². The van der Waals surface area contributed by atoms with Crippen molar-refractivity contribution in [3.05, 3.63) is 12.2 Å². The van der Waals surface area contributed by atoms with Crippen LogP contribution in [0.15, 0.2) is 12.2 Å². The Morgan fingerprint density at radius 1 is 1.21 bits per heavy atom. The molecule has 0 amide bonds. The molecule has 29 heavy (non-hydrogen) atoms. The Kier molecular flexibility index (Phi) is 4.19. The van der Waals surface area contributed by atoms with Crippen LogP contribution in [0.25, 0.3) is 0 Å². The molecule has 7 atom stereocenters. The molecule has 6 nitrogen and oxygen atoms in total. The fourth-order valence-corrected chi connectivity index (χ4v) is 9.66. The van der Waals surface area contributed by atoms with E-state index in [-0.39, 0.29) is 29.2 Å². The first-order valence-electron chi connectivity index (χ1n) is 11.3. The van der Waals surface area contributed by atoms with Crippen LogP contribution in [0.3, 0.4) is 0 Å². The zero-order valence-electron chi connectivity index (χ0n) is 18.1. The molecule has 0 radical (unpaired) electrons. The van der Waals surface area contributed by atoms with Crippen LogP contribution in [0, 0.1) is 22.7 Å². The van der Waals surface area contributed by atoms with E-state index in [1.54, 1.807) is 4.31 Å². The van der Waals surface area contributed by atoms with Crippen LogP contribution in [0.5, 0.6) is 0 Å². The summed E-state index contributed by atoms with van der Waals surface area (Å²) in [5, 5.41) is 0. The van der Waals surface area contributed by atoms with Gasteiger partial charge in [-0.25, -0.2) is 17.5 Å². The summed E-state index contributed by atoms with van der Waals surface area (Å²) in [6, 6.07) is 0.390. The van der Waals surface area contributed by atoms with Gasteiger partial charge in [-0.2, -0.15) is 0 Å². The minimum Gasteiger partial charge on any atom is -0.460 e. The Balaban J connectivity index is 1.41. The molecule has 7 unspecified atom stereocenters. The molecule has 5 aliphatic rings.